The molecule has 1 rings (SSSR count). The van der Waals surface area contributed by atoms with Gasteiger partial charge in [-0.25, -0.2) is 4.79 Å². The number of hydrogen-bond acceptors (Lipinski definition) is 2. The van der Waals surface area contributed by atoms with E-state index in [2.05, 4.69) is 12.2 Å². The van der Waals surface area contributed by atoms with Gasteiger partial charge in [-0.05, 0) is 12.5 Å². The highest BCUT2D eigenvalue weighted by Crippen LogP contribution is 2.18. The molecule has 1 N–H and O–H groups in total. The third-order valence-corrected chi connectivity index (χ3v) is 2.75. The van der Waals surface area contributed by atoms with Gasteiger partial charge in [0.1, 0.15) is 5.75 Å². The van der Waals surface area contributed by atoms with E-state index >= 15 is 0 Å². The minimum absolute atomic E-state index is 0.0469. The molecule has 0 atom stereocenters. The Morgan fingerprint density at radius 3 is 2.78 bits per heavy atom. The van der Waals surface area contributed by atoms with Crippen molar-refractivity contribution >= 4 is 6.03 Å². The van der Waals surface area contributed by atoms with E-state index in [9.17, 15) is 4.79 Å². The molecule has 0 fully saturated rings. The second-order valence-corrected chi connectivity index (χ2v) is 4.25. The van der Waals surface area contributed by atoms with Gasteiger partial charge in [-0.15, -0.1) is 0 Å². The normalized spacial score (nSPS) is 9.94. The third kappa shape index (κ3) is 4.28. The molecule has 0 spiro atoms. The van der Waals surface area contributed by atoms with Crippen molar-refractivity contribution in [2.45, 2.75) is 26.3 Å². The number of para-hydroxylation sites is 1. The van der Waals surface area contributed by atoms with Gasteiger partial charge in [-0.1, -0.05) is 31.5 Å². The van der Waals surface area contributed by atoms with E-state index in [1.54, 1.807) is 19.1 Å². The lowest BCUT2D eigenvalue weighted by Gasteiger charge is -2.19. The predicted octanol–water partition coefficient (Wildman–Crippen LogP) is 2.64. The quantitative estimate of drug-likeness (QED) is 0.789. The minimum atomic E-state index is -0.0469. The second-order valence-electron chi connectivity index (χ2n) is 4.25. The van der Waals surface area contributed by atoms with E-state index in [0.29, 0.717) is 6.54 Å². The summed E-state index contributed by atoms with van der Waals surface area (Å²) in [5.74, 6) is 0.811. The van der Waals surface area contributed by atoms with Crippen LogP contribution in [0.25, 0.3) is 0 Å². The molecule has 0 aliphatic heterocycles. The number of nitrogens with one attached hydrogen (secondary N) is 1. The molecule has 0 aromatic heterocycles. The number of ether oxygens (including phenoxy) is 1. The first-order valence-corrected chi connectivity index (χ1v) is 6.30. The van der Waals surface area contributed by atoms with Gasteiger partial charge in [0.25, 0.3) is 0 Å². The zero-order valence-electron chi connectivity index (χ0n) is 11.4. The monoisotopic (exact) mass is 250 g/mol. The Bertz CT molecular complexity index is 380. The van der Waals surface area contributed by atoms with Crippen LogP contribution in [0.4, 0.5) is 4.79 Å². The Morgan fingerprint density at radius 1 is 1.39 bits per heavy atom. The van der Waals surface area contributed by atoms with E-state index in [0.717, 1.165) is 30.7 Å². The molecule has 0 heterocycles. The molecule has 100 valence electrons. The Balaban J connectivity index is 2.52. The molecule has 0 aliphatic rings. The predicted molar refractivity (Wildman–Crippen MR) is 72.8 cm³/mol. The number of amides is 2. The van der Waals surface area contributed by atoms with Crippen LogP contribution in [0.15, 0.2) is 24.3 Å². The first-order valence-electron chi connectivity index (χ1n) is 6.30. The van der Waals surface area contributed by atoms with E-state index in [-0.39, 0.29) is 6.03 Å². The van der Waals surface area contributed by atoms with Crippen LogP contribution in [0.2, 0.25) is 0 Å². The Morgan fingerprint density at radius 2 is 2.11 bits per heavy atom. The van der Waals surface area contributed by atoms with Gasteiger partial charge in [-0.3, -0.25) is 0 Å². The summed E-state index contributed by atoms with van der Waals surface area (Å²) in [4.78, 5) is 13.5. The van der Waals surface area contributed by atoms with Crippen LogP contribution in [0.1, 0.15) is 25.3 Å². The molecule has 4 heteroatoms. The fourth-order valence-electron chi connectivity index (χ4n) is 1.67. The maximum absolute atomic E-state index is 11.8. The van der Waals surface area contributed by atoms with Crippen molar-refractivity contribution in [3.63, 3.8) is 0 Å². The minimum Gasteiger partial charge on any atom is -0.496 e. The molecule has 2 amide bonds. The lowest BCUT2D eigenvalue weighted by atomic mass is 10.2. The van der Waals surface area contributed by atoms with Crippen molar-refractivity contribution in [2.75, 3.05) is 20.7 Å². The molecule has 0 unspecified atom stereocenters. The molecular weight excluding hydrogens is 228 g/mol. The molecule has 0 saturated carbocycles. The molecule has 0 saturated heterocycles. The summed E-state index contributed by atoms with van der Waals surface area (Å²) in [7, 11) is 3.42. The first kappa shape index (κ1) is 14.4. The van der Waals surface area contributed by atoms with Gasteiger partial charge in [0.15, 0.2) is 0 Å². The fraction of sp³-hybridized carbons (Fsp3) is 0.500. The van der Waals surface area contributed by atoms with E-state index in [4.69, 9.17) is 4.74 Å². The number of nitrogens with zero attached hydrogens (tertiary/aromatic N) is 1. The summed E-state index contributed by atoms with van der Waals surface area (Å²) in [5.41, 5.74) is 1.01. The molecule has 0 radical (unpaired) electrons. The SMILES string of the molecule is CCCCNC(=O)N(C)Cc1ccccc1OC. The van der Waals surface area contributed by atoms with Gasteiger partial charge >= 0.3 is 6.03 Å². The number of unbranched alkanes of at least 4 members (excludes halogenated alkanes) is 1. The lowest BCUT2D eigenvalue weighted by Crippen LogP contribution is -2.37. The van der Waals surface area contributed by atoms with Crippen LogP contribution in [0, 0.1) is 0 Å². The van der Waals surface area contributed by atoms with Crippen LogP contribution in [0.3, 0.4) is 0 Å². The van der Waals surface area contributed by atoms with Gasteiger partial charge in [0.2, 0.25) is 0 Å². The maximum atomic E-state index is 11.8. The van der Waals surface area contributed by atoms with Crippen molar-refractivity contribution in [2.24, 2.45) is 0 Å². The largest absolute Gasteiger partial charge is 0.496 e. The second kappa shape index (κ2) is 7.58. The number of carbonyl (C=O) groups is 1. The number of methoxy groups -OCH3 is 1. The van der Waals surface area contributed by atoms with Crippen LogP contribution in [0.5, 0.6) is 5.75 Å². The van der Waals surface area contributed by atoms with Crippen molar-refractivity contribution in [1.29, 1.82) is 0 Å². The smallest absolute Gasteiger partial charge is 0.317 e. The number of hydrogen-bond donors (Lipinski definition) is 1. The third-order valence-electron chi connectivity index (χ3n) is 2.75. The molecule has 0 bridgehead atoms. The molecule has 0 aliphatic carbocycles. The highest BCUT2D eigenvalue weighted by Gasteiger charge is 2.10. The van der Waals surface area contributed by atoms with Crippen LogP contribution in [-0.4, -0.2) is 31.6 Å². The number of rotatable bonds is 6. The summed E-state index contributed by atoms with van der Waals surface area (Å²) in [6.07, 6.45) is 2.09. The number of carbonyl (C=O) groups excluding carboxylic acids is 1. The highest BCUT2D eigenvalue weighted by atomic mass is 16.5. The molecule has 18 heavy (non-hydrogen) atoms. The van der Waals surface area contributed by atoms with Crippen LogP contribution in [-0.2, 0) is 6.54 Å². The summed E-state index contributed by atoms with van der Waals surface area (Å²) in [6.45, 7) is 3.37. The van der Waals surface area contributed by atoms with Gasteiger partial charge in [-0.2, -0.15) is 0 Å². The topological polar surface area (TPSA) is 41.6 Å². The summed E-state index contributed by atoms with van der Waals surface area (Å²) in [5, 5.41) is 2.89. The first-order chi connectivity index (χ1) is 8.69. The molecule has 1 aromatic rings. The Labute approximate surface area is 109 Å². The zero-order chi connectivity index (χ0) is 13.4. The highest BCUT2D eigenvalue weighted by molar-refractivity contribution is 5.73. The van der Waals surface area contributed by atoms with Gasteiger partial charge in [0, 0.05) is 19.2 Å². The molecular formula is C14H22N2O2. The average molecular weight is 250 g/mol. The van der Waals surface area contributed by atoms with Gasteiger partial charge in [0.05, 0.1) is 13.7 Å². The maximum Gasteiger partial charge on any atom is 0.317 e. The fourth-order valence-corrected chi connectivity index (χ4v) is 1.67. The number of benzene rings is 1. The van der Waals surface area contributed by atoms with Crippen molar-refractivity contribution in [3.8, 4) is 5.75 Å². The Hall–Kier alpha value is -1.71. The van der Waals surface area contributed by atoms with E-state index in [1.165, 1.54) is 0 Å². The Kier molecular flexibility index (Phi) is 6.05. The zero-order valence-corrected chi connectivity index (χ0v) is 11.4. The average Bonchev–Trinajstić information content (AvgIpc) is 2.39. The lowest BCUT2D eigenvalue weighted by molar-refractivity contribution is 0.206. The van der Waals surface area contributed by atoms with Crippen molar-refractivity contribution in [1.82, 2.24) is 10.2 Å². The van der Waals surface area contributed by atoms with Crippen LogP contribution < -0.4 is 10.1 Å². The molecule has 1 aromatic carbocycles. The number of urea groups is 1. The van der Waals surface area contributed by atoms with Crippen molar-refractivity contribution in [3.05, 3.63) is 29.8 Å². The summed E-state index contributed by atoms with van der Waals surface area (Å²) < 4.78 is 5.27. The summed E-state index contributed by atoms with van der Waals surface area (Å²) >= 11 is 0. The standard InChI is InChI=1S/C14H22N2O2/c1-4-5-10-15-14(17)16(2)11-12-8-6-7-9-13(12)18-3/h6-9H,4-5,10-11H2,1-3H3,(H,15,17). The summed E-state index contributed by atoms with van der Waals surface area (Å²) in [6, 6.07) is 7.69. The van der Waals surface area contributed by atoms with E-state index in [1.807, 2.05) is 24.3 Å². The van der Waals surface area contributed by atoms with E-state index < -0.39 is 0 Å². The van der Waals surface area contributed by atoms with Crippen molar-refractivity contribution < 1.29 is 9.53 Å². The molecule has 4 nitrogen and oxygen atoms in total. The van der Waals surface area contributed by atoms with Gasteiger partial charge < -0.3 is 15.0 Å². The van der Waals surface area contributed by atoms with Crippen LogP contribution >= 0.6 is 0 Å².